The Balaban J connectivity index is 1.83. The number of ether oxygens (including phenoxy) is 1. The molecule has 0 spiro atoms. The zero-order valence-electron chi connectivity index (χ0n) is 16.8. The second kappa shape index (κ2) is 9.09. The molecule has 0 atom stereocenters. The van der Waals surface area contributed by atoms with Crippen LogP contribution in [0.2, 0.25) is 0 Å². The van der Waals surface area contributed by atoms with Gasteiger partial charge in [0.15, 0.2) is 0 Å². The highest BCUT2D eigenvalue weighted by atomic mass is 32.2. The summed E-state index contributed by atoms with van der Waals surface area (Å²) < 4.78 is 7.10. The summed E-state index contributed by atoms with van der Waals surface area (Å²) >= 11 is 8.47. The molecular formula is C20H22N4O3S3. The molecule has 10 heteroatoms. The second-order valence-electron chi connectivity index (χ2n) is 7.01. The minimum absolute atomic E-state index is 0.181. The monoisotopic (exact) mass is 462 g/mol. The van der Waals surface area contributed by atoms with Crippen molar-refractivity contribution in [2.75, 3.05) is 49.8 Å². The van der Waals surface area contributed by atoms with Crippen LogP contribution in [0.4, 0.5) is 5.82 Å². The molecule has 2 aliphatic rings. The minimum atomic E-state index is -0.198. The molecule has 4 heterocycles. The average molecular weight is 463 g/mol. The van der Waals surface area contributed by atoms with E-state index in [1.165, 1.54) is 16.7 Å². The van der Waals surface area contributed by atoms with E-state index in [1.807, 2.05) is 30.8 Å². The fourth-order valence-corrected chi connectivity index (χ4v) is 5.59. The van der Waals surface area contributed by atoms with Crippen molar-refractivity contribution in [2.45, 2.75) is 6.92 Å². The third-order valence-electron chi connectivity index (χ3n) is 4.96. The predicted octanol–water partition coefficient (Wildman–Crippen LogP) is 2.40. The second-order valence-corrected chi connectivity index (χ2v) is 9.91. The molecule has 4 rings (SSSR count). The Morgan fingerprint density at radius 2 is 2.03 bits per heavy atom. The molecular weight excluding hydrogens is 440 g/mol. The molecule has 2 aliphatic heterocycles. The van der Waals surface area contributed by atoms with Crippen molar-refractivity contribution >= 4 is 63.5 Å². The molecule has 0 aliphatic carbocycles. The lowest BCUT2D eigenvalue weighted by Gasteiger charge is -2.28. The zero-order chi connectivity index (χ0) is 21.3. The maximum Gasteiger partial charge on any atom is 0.267 e. The maximum absolute atomic E-state index is 13.4. The van der Waals surface area contributed by atoms with Gasteiger partial charge in [-0.1, -0.05) is 30.0 Å². The molecule has 2 fully saturated rings. The number of hydrogen-bond donors (Lipinski definition) is 0. The highest BCUT2D eigenvalue weighted by Gasteiger charge is 2.32. The van der Waals surface area contributed by atoms with E-state index in [4.69, 9.17) is 21.9 Å². The van der Waals surface area contributed by atoms with Gasteiger partial charge in [-0.05, 0) is 24.6 Å². The molecule has 1 amide bonds. The smallest absolute Gasteiger partial charge is 0.267 e. The van der Waals surface area contributed by atoms with Crippen LogP contribution < -0.4 is 10.5 Å². The molecule has 0 aromatic carbocycles. The van der Waals surface area contributed by atoms with Crippen LogP contribution in [0.1, 0.15) is 11.1 Å². The first-order valence-electron chi connectivity index (χ1n) is 9.59. The number of pyridine rings is 1. The summed E-state index contributed by atoms with van der Waals surface area (Å²) in [6.45, 7) is 4.35. The summed E-state index contributed by atoms with van der Waals surface area (Å²) in [6.07, 6.45) is 3.44. The molecule has 30 heavy (non-hydrogen) atoms. The van der Waals surface area contributed by atoms with E-state index in [0.717, 1.165) is 30.2 Å². The van der Waals surface area contributed by atoms with E-state index in [1.54, 1.807) is 23.8 Å². The van der Waals surface area contributed by atoms with Crippen LogP contribution in [0.25, 0.3) is 11.7 Å². The van der Waals surface area contributed by atoms with E-state index >= 15 is 0 Å². The SMILES string of the molecule is COCCN1C(=O)/C(=C/c2c(N3CCSCC3)nc3ccc(C)cn3c2=O)SC1=S. The minimum Gasteiger partial charge on any atom is -0.383 e. The Morgan fingerprint density at radius 3 is 2.77 bits per heavy atom. The maximum atomic E-state index is 13.4. The number of thiocarbonyl (C=S) groups is 1. The van der Waals surface area contributed by atoms with Crippen molar-refractivity contribution in [3.8, 4) is 0 Å². The quantitative estimate of drug-likeness (QED) is 0.496. The van der Waals surface area contributed by atoms with Crippen molar-refractivity contribution in [2.24, 2.45) is 0 Å². The molecule has 2 aromatic heterocycles. The van der Waals surface area contributed by atoms with E-state index in [9.17, 15) is 9.59 Å². The molecule has 0 N–H and O–H groups in total. The molecule has 0 saturated carbocycles. The van der Waals surface area contributed by atoms with Gasteiger partial charge >= 0.3 is 0 Å². The Morgan fingerprint density at radius 1 is 1.27 bits per heavy atom. The number of carbonyl (C=O) groups excluding carboxylic acids is 1. The van der Waals surface area contributed by atoms with E-state index in [-0.39, 0.29) is 11.5 Å². The summed E-state index contributed by atoms with van der Waals surface area (Å²) in [4.78, 5) is 35.2. The van der Waals surface area contributed by atoms with Crippen LogP contribution in [-0.2, 0) is 9.53 Å². The molecule has 2 aromatic rings. The van der Waals surface area contributed by atoms with Crippen LogP contribution >= 0.6 is 35.7 Å². The van der Waals surface area contributed by atoms with Gasteiger partial charge in [-0.3, -0.25) is 18.9 Å². The van der Waals surface area contributed by atoms with Gasteiger partial charge in [-0.25, -0.2) is 4.98 Å². The average Bonchev–Trinajstić information content (AvgIpc) is 3.02. The first kappa shape index (κ1) is 21.4. The number of aromatic nitrogens is 2. The third-order valence-corrected chi connectivity index (χ3v) is 7.28. The topological polar surface area (TPSA) is 67.2 Å². The van der Waals surface area contributed by atoms with E-state index in [2.05, 4.69) is 4.90 Å². The number of hydrogen-bond acceptors (Lipinski definition) is 8. The van der Waals surface area contributed by atoms with Gasteiger partial charge in [0.05, 0.1) is 23.6 Å². The van der Waals surface area contributed by atoms with Gasteiger partial charge in [0.25, 0.3) is 11.5 Å². The van der Waals surface area contributed by atoms with Gasteiger partial charge in [-0.15, -0.1) is 0 Å². The van der Waals surface area contributed by atoms with Crippen LogP contribution in [0, 0.1) is 6.92 Å². The fourth-order valence-electron chi connectivity index (χ4n) is 3.40. The number of amides is 1. The summed E-state index contributed by atoms with van der Waals surface area (Å²) in [6, 6.07) is 3.80. The third kappa shape index (κ3) is 4.14. The number of carbonyl (C=O) groups is 1. The normalized spacial score (nSPS) is 18.8. The van der Waals surface area contributed by atoms with Crippen molar-refractivity contribution in [3.63, 3.8) is 0 Å². The fraction of sp³-hybridized carbons (Fsp3) is 0.400. The number of aryl methyl sites for hydroxylation is 1. The van der Waals surface area contributed by atoms with E-state index in [0.29, 0.717) is 39.4 Å². The number of methoxy groups -OCH3 is 1. The highest BCUT2D eigenvalue weighted by Crippen LogP contribution is 2.33. The Hall–Kier alpha value is -1.88. The number of fused-ring (bicyclic) bond motifs is 1. The van der Waals surface area contributed by atoms with Gasteiger partial charge in [-0.2, -0.15) is 11.8 Å². The zero-order valence-corrected chi connectivity index (χ0v) is 19.2. The summed E-state index contributed by atoms with van der Waals surface area (Å²) in [5.41, 5.74) is 1.81. The van der Waals surface area contributed by atoms with Crippen molar-refractivity contribution in [1.82, 2.24) is 14.3 Å². The lowest BCUT2D eigenvalue weighted by molar-refractivity contribution is -0.122. The predicted molar refractivity (Wildman–Crippen MR) is 127 cm³/mol. The van der Waals surface area contributed by atoms with Gasteiger partial charge in [0.1, 0.15) is 15.8 Å². The first-order valence-corrected chi connectivity index (χ1v) is 12.0. The van der Waals surface area contributed by atoms with Crippen molar-refractivity contribution in [3.05, 3.63) is 44.7 Å². The summed E-state index contributed by atoms with van der Waals surface area (Å²) in [7, 11) is 1.58. The van der Waals surface area contributed by atoms with Crippen molar-refractivity contribution in [1.29, 1.82) is 0 Å². The molecule has 0 bridgehead atoms. The number of thioether (sulfide) groups is 2. The highest BCUT2D eigenvalue weighted by molar-refractivity contribution is 8.26. The number of nitrogens with zero attached hydrogens (tertiary/aromatic N) is 4. The largest absolute Gasteiger partial charge is 0.383 e. The Bertz CT molecular complexity index is 1090. The first-order chi connectivity index (χ1) is 14.5. The van der Waals surface area contributed by atoms with Crippen LogP contribution in [-0.4, -0.2) is 69.4 Å². The Kier molecular flexibility index (Phi) is 6.47. The molecule has 158 valence electrons. The van der Waals surface area contributed by atoms with Gasteiger partial charge in [0, 0.05) is 37.9 Å². The number of rotatable bonds is 5. The van der Waals surface area contributed by atoms with Crippen LogP contribution in [0.5, 0.6) is 0 Å². The molecule has 0 radical (unpaired) electrons. The van der Waals surface area contributed by atoms with Gasteiger partial charge in [0.2, 0.25) is 0 Å². The van der Waals surface area contributed by atoms with Crippen LogP contribution in [0.15, 0.2) is 28.0 Å². The standard InChI is InChI=1S/C20H22N4O3S3/c1-13-3-4-16-21-17(22-6-9-29-10-7-22)14(18(25)24(16)12-13)11-15-19(26)23(5-8-27-2)20(28)30-15/h3-4,11-12H,5-10H2,1-2H3/b15-11-. The van der Waals surface area contributed by atoms with Crippen LogP contribution in [0.3, 0.4) is 0 Å². The molecule has 7 nitrogen and oxygen atoms in total. The molecule has 0 unspecified atom stereocenters. The lowest BCUT2D eigenvalue weighted by atomic mass is 10.2. The molecule has 2 saturated heterocycles. The van der Waals surface area contributed by atoms with E-state index < -0.39 is 0 Å². The Labute approximate surface area is 188 Å². The number of anilines is 1. The van der Waals surface area contributed by atoms with Crippen molar-refractivity contribution < 1.29 is 9.53 Å². The summed E-state index contributed by atoms with van der Waals surface area (Å²) in [5, 5.41) is 0. The van der Waals surface area contributed by atoms with Gasteiger partial charge < -0.3 is 9.64 Å². The lowest BCUT2D eigenvalue weighted by Crippen LogP contribution is -2.36. The summed E-state index contributed by atoms with van der Waals surface area (Å²) in [5.74, 6) is 2.39.